The Morgan fingerprint density at radius 2 is 2.07 bits per heavy atom. The first kappa shape index (κ1) is 21.0. The van der Waals surface area contributed by atoms with Crippen LogP contribution in [0.15, 0.2) is 29.3 Å². The van der Waals surface area contributed by atoms with Gasteiger partial charge in [0.2, 0.25) is 5.91 Å². The Labute approximate surface area is 173 Å². The zero-order valence-electron chi connectivity index (χ0n) is 16.7. The lowest BCUT2D eigenvalue weighted by atomic mass is 10.0. The number of halogens is 3. The van der Waals surface area contributed by atoms with Gasteiger partial charge < -0.3 is 19.3 Å². The number of piperidine rings is 1. The maximum absolute atomic E-state index is 13.4. The number of benzene rings is 1. The number of nitrogens with zero attached hydrogens (tertiary/aromatic N) is 3. The molecule has 4 rings (SSSR count). The summed E-state index contributed by atoms with van der Waals surface area (Å²) in [5, 5.41) is 0. The average Bonchev–Trinajstić information content (AvgIpc) is 3.15. The molecule has 0 saturated carbocycles. The molecule has 0 aromatic heterocycles. The molecule has 1 atom stereocenters. The normalized spacial score (nSPS) is 22.4. The van der Waals surface area contributed by atoms with Gasteiger partial charge in [-0.15, -0.1) is 13.2 Å². The molecule has 0 bridgehead atoms. The molecule has 0 radical (unpaired) electrons. The number of carbonyl (C=O) groups excluding carboxylic acids is 1. The minimum Gasteiger partial charge on any atom is -0.406 e. The highest BCUT2D eigenvalue weighted by Gasteiger charge is 2.37. The van der Waals surface area contributed by atoms with E-state index in [1.54, 1.807) is 11.0 Å². The van der Waals surface area contributed by atoms with Crippen molar-refractivity contribution in [2.24, 2.45) is 4.99 Å². The Bertz CT molecular complexity index is 793. The van der Waals surface area contributed by atoms with Gasteiger partial charge in [-0.3, -0.25) is 9.79 Å². The summed E-state index contributed by atoms with van der Waals surface area (Å²) in [6.07, 6.45) is -0.242. The molecular weight excluding hydrogens is 399 g/mol. The van der Waals surface area contributed by atoms with E-state index in [0.717, 1.165) is 31.6 Å². The van der Waals surface area contributed by atoms with E-state index < -0.39 is 12.4 Å². The third-order valence-electron chi connectivity index (χ3n) is 5.83. The van der Waals surface area contributed by atoms with Crippen LogP contribution in [-0.4, -0.2) is 66.3 Å². The number of ether oxygens (including phenoxy) is 2. The van der Waals surface area contributed by atoms with E-state index in [1.807, 2.05) is 0 Å². The summed E-state index contributed by atoms with van der Waals surface area (Å²) in [7, 11) is 0. The van der Waals surface area contributed by atoms with Gasteiger partial charge in [-0.1, -0.05) is 12.1 Å². The monoisotopic (exact) mass is 425 g/mol. The van der Waals surface area contributed by atoms with Crippen molar-refractivity contribution in [1.82, 2.24) is 9.80 Å². The first-order valence-electron chi connectivity index (χ1n) is 10.4. The topological polar surface area (TPSA) is 54.4 Å². The summed E-state index contributed by atoms with van der Waals surface area (Å²) in [5.74, 6) is 0.663. The third-order valence-corrected chi connectivity index (χ3v) is 5.83. The molecule has 1 aromatic rings. The quantitative estimate of drug-likeness (QED) is 0.726. The number of rotatable bonds is 5. The SMILES string of the molecule is O=C(C1CN2CCCCC2=N1)N(Cc1cccc(OC(F)(F)F)c1)C1CCOCC1. The fourth-order valence-electron chi connectivity index (χ4n) is 4.39. The van der Waals surface area contributed by atoms with Gasteiger partial charge in [0.1, 0.15) is 17.6 Å². The molecular formula is C21H26F3N3O3. The van der Waals surface area contributed by atoms with E-state index in [9.17, 15) is 18.0 Å². The van der Waals surface area contributed by atoms with Crippen LogP contribution in [-0.2, 0) is 16.1 Å². The van der Waals surface area contributed by atoms with Gasteiger partial charge in [-0.05, 0) is 43.4 Å². The molecule has 1 aromatic carbocycles. The molecule has 30 heavy (non-hydrogen) atoms. The van der Waals surface area contributed by atoms with Crippen LogP contribution in [0.1, 0.15) is 37.7 Å². The van der Waals surface area contributed by atoms with E-state index in [4.69, 9.17) is 4.74 Å². The Morgan fingerprint density at radius 3 is 2.80 bits per heavy atom. The number of alkyl halides is 3. The van der Waals surface area contributed by atoms with Crippen LogP contribution >= 0.6 is 0 Å². The second kappa shape index (κ2) is 8.83. The number of fused-ring (bicyclic) bond motifs is 1. The highest BCUT2D eigenvalue weighted by atomic mass is 19.4. The summed E-state index contributed by atoms with van der Waals surface area (Å²) in [5.41, 5.74) is 0.597. The molecule has 3 aliphatic heterocycles. The van der Waals surface area contributed by atoms with Gasteiger partial charge in [0.15, 0.2) is 0 Å². The third kappa shape index (κ3) is 5.06. The maximum atomic E-state index is 13.4. The number of aliphatic imine (C=N–C) groups is 1. The highest BCUT2D eigenvalue weighted by Crippen LogP contribution is 2.27. The van der Waals surface area contributed by atoms with Crippen LogP contribution in [0.3, 0.4) is 0 Å². The summed E-state index contributed by atoms with van der Waals surface area (Å²) in [6.45, 7) is 2.87. The Hall–Kier alpha value is -2.29. The first-order chi connectivity index (χ1) is 14.4. The predicted molar refractivity (Wildman–Crippen MR) is 104 cm³/mol. The molecule has 1 unspecified atom stereocenters. The number of amidine groups is 1. The number of hydrogen-bond acceptors (Lipinski definition) is 5. The van der Waals surface area contributed by atoms with Crippen LogP contribution in [0.5, 0.6) is 5.75 Å². The molecule has 0 N–H and O–H groups in total. The standard InChI is InChI=1S/C21H26F3N3O3/c22-21(23,24)30-17-5-3-4-15(12-17)13-27(16-7-10-29-11-8-16)20(28)18-14-26-9-2-1-6-19(26)25-18/h3-5,12,16,18H,1-2,6-11,13-14H2. The van der Waals surface area contributed by atoms with Crippen molar-refractivity contribution in [3.63, 3.8) is 0 Å². The lowest BCUT2D eigenvalue weighted by molar-refractivity contribution is -0.274. The van der Waals surface area contributed by atoms with Crippen LogP contribution in [0.2, 0.25) is 0 Å². The smallest absolute Gasteiger partial charge is 0.406 e. The van der Waals surface area contributed by atoms with Crippen LogP contribution < -0.4 is 4.74 Å². The lowest BCUT2D eigenvalue weighted by Crippen LogP contribution is -2.48. The van der Waals surface area contributed by atoms with E-state index in [-0.39, 0.29) is 24.2 Å². The van der Waals surface area contributed by atoms with Gasteiger partial charge in [0.25, 0.3) is 0 Å². The van der Waals surface area contributed by atoms with Crippen LogP contribution in [0.25, 0.3) is 0 Å². The van der Waals surface area contributed by atoms with Crippen molar-refractivity contribution in [1.29, 1.82) is 0 Å². The minimum atomic E-state index is -4.75. The van der Waals surface area contributed by atoms with Gasteiger partial charge in [-0.2, -0.15) is 0 Å². The highest BCUT2D eigenvalue weighted by molar-refractivity contribution is 5.92. The van der Waals surface area contributed by atoms with Gasteiger partial charge >= 0.3 is 6.36 Å². The molecule has 3 heterocycles. The van der Waals surface area contributed by atoms with E-state index in [2.05, 4.69) is 14.6 Å². The predicted octanol–water partition coefficient (Wildman–Crippen LogP) is 3.36. The van der Waals surface area contributed by atoms with Crippen LogP contribution in [0, 0.1) is 0 Å². The molecule has 6 nitrogen and oxygen atoms in total. The van der Waals surface area contributed by atoms with E-state index >= 15 is 0 Å². The number of amides is 1. The summed E-state index contributed by atoms with van der Waals surface area (Å²) < 4.78 is 47.2. The van der Waals surface area contributed by atoms with Crippen molar-refractivity contribution in [2.45, 2.75) is 57.1 Å². The van der Waals surface area contributed by atoms with Crippen molar-refractivity contribution in [3.05, 3.63) is 29.8 Å². The van der Waals surface area contributed by atoms with E-state index in [0.29, 0.717) is 38.2 Å². The van der Waals surface area contributed by atoms with Crippen molar-refractivity contribution in [2.75, 3.05) is 26.3 Å². The average molecular weight is 425 g/mol. The second-order valence-corrected chi connectivity index (χ2v) is 7.97. The lowest BCUT2D eigenvalue weighted by Gasteiger charge is -2.35. The maximum Gasteiger partial charge on any atom is 0.573 e. The fraction of sp³-hybridized carbons (Fsp3) is 0.619. The second-order valence-electron chi connectivity index (χ2n) is 7.97. The number of carbonyl (C=O) groups is 1. The molecule has 164 valence electrons. The van der Waals surface area contributed by atoms with Crippen molar-refractivity contribution in [3.8, 4) is 5.75 Å². The summed E-state index contributed by atoms with van der Waals surface area (Å²) >= 11 is 0. The minimum absolute atomic E-state index is 0.0173. The molecule has 0 spiro atoms. The molecule has 0 aliphatic carbocycles. The zero-order chi connectivity index (χ0) is 21.1. The Balaban J connectivity index is 1.52. The van der Waals surface area contributed by atoms with E-state index in [1.165, 1.54) is 18.2 Å². The number of hydrogen-bond donors (Lipinski definition) is 0. The molecule has 3 aliphatic rings. The molecule has 2 saturated heterocycles. The largest absolute Gasteiger partial charge is 0.573 e. The molecule has 9 heteroatoms. The van der Waals surface area contributed by atoms with Gasteiger partial charge in [-0.25, -0.2) is 0 Å². The fourth-order valence-corrected chi connectivity index (χ4v) is 4.39. The summed E-state index contributed by atoms with van der Waals surface area (Å²) in [6, 6.07) is 5.37. The molecule has 2 fully saturated rings. The van der Waals surface area contributed by atoms with Crippen LogP contribution in [0.4, 0.5) is 13.2 Å². The van der Waals surface area contributed by atoms with Gasteiger partial charge in [0.05, 0.1) is 6.54 Å². The first-order valence-corrected chi connectivity index (χ1v) is 10.4. The van der Waals surface area contributed by atoms with Crippen molar-refractivity contribution < 1.29 is 27.4 Å². The van der Waals surface area contributed by atoms with Crippen molar-refractivity contribution >= 4 is 11.7 Å². The zero-order valence-corrected chi connectivity index (χ0v) is 16.7. The molecule has 1 amide bonds. The van der Waals surface area contributed by atoms with Gasteiger partial charge in [0, 0.05) is 38.8 Å². The summed E-state index contributed by atoms with van der Waals surface area (Å²) in [4.78, 5) is 22.1. The Morgan fingerprint density at radius 1 is 1.27 bits per heavy atom. The Kier molecular flexibility index (Phi) is 6.17.